The maximum absolute atomic E-state index is 12.4. The van der Waals surface area contributed by atoms with Crippen molar-refractivity contribution in [1.29, 1.82) is 0 Å². The number of hydrogen-bond acceptors (Lipinski definition) is 4. The first-order chi connectivity index (χ1) is 12.5. The van der Waals surface area contributed by atoms with Crippen molar-refractivity contribution in [2.45, 2.75) is 23.5 Å². The van der Waals surface area contributed by atoms with Gasteiger partial charge >= 0.3 is 5.97 Å². The van der Waals surface area contributed by atoms with Crippen LogP contribution in [0.25, 0.3) is 0 Å². The fraction of sp³-hybridized carbons (Fsp3) is 0.263. The predicted molar refractivity (Wildman–Crippen MR) is 98.1 cm³/mol. The molecule has 0 aliphatic rings. The first-order valence-electron chi connectivity index (χ1n) is 8.07. The number of rotatable bonds is 9. The van der Waals surface area contributed by atoms with Gasteiger partial charge in [-0.25, -0.2) is 4.79 Å². The molecule has 0 heterocycles. The number of benzene rings is 2. The van der Waals surface area contributed by atoms with Gasteiger partial charge in [-0.05, 0) is 24.1 Å². The molecule has 2 aromatic carbocycles. The van der Waals surface area contributed by atoms with Gasteiger partial charge in [-0.2, -0.15) is 0 Å². The van der Waals surface area contributed by atoms with Crippen LogP contribution < -0.4 is 5.32 Å². The van der Waals surface area contributed by atoms with E-state index in [0.717, 1.165) is 0 Å². The number of carboxylic acids is 1. The van der Waals surface area contributed by atoms with Crippen molar-refractivity contribution in [2.75, 3.05) is 12.9 Å². The number of aliphatic carboxylic acids is 1. The zero-order chi connectivity index (χ0) is 18.9. The van der Waals surface area contributed by atoms with Crippen molar-refractivity contribution in [3.05, 3.63) is 66.2 Å². The second kappa shape index (κ2) is 9.84. The summed E-state index contributed by atoms with van der Waals surface area (Å²) in [7, 11) is 0.0567. The summed E-state index contributed by atoms with van der Waals surface area (Å²) in [5.41, 5.74) is 0.629. The van der Waals surface area contributed by atoms with E-state index < -0.39 is 34.8 Å². The highest BCUT2D eigenvalue weighted by Crippen LogP contribution is 2.17. The Morgan fingerprint density at radius 2 is 1.65 bits per heavy atom. The number of ether oxygens (including phenoxy) is 1. The third kappa shape index (κ3) is 5.50. The summed E-state index contributed by atoms with van der Waals surface area (Å²) >= 11 is 0. The van der Waals surface area contributed by atoms with Crippen LogP contribution >= 0.6 is 0 Å². The number of hydrogen-bond donors (Lipinski definition) is 2. The molecule has 0 spiro atoms. The summed E-state index contributed by atoms with van der Waals surface area (Å²) in [6, 6.07) is 16.5. The van der Waals surface area contributed by atoms with Crippen molar-refractivity contribution in [3.8, 4) is 0 Å². The summed E-state index contributed by atoms with van der Waals surface area (Å²) in [5.74, 6) is -1.59. The van der Waals surface area contributed by atoms with E-state index in [1.54, 1.807) is 48.5 Å². The topological polar surface area (TPSA) is 92.7 Å². The van der Waals surface area contributed by atoms with Gasteiger partial charge in [0, 0.05) is 17.8 Å². The Kier molecular flexibility index (Phi) is 7.50. The van der Waals surface area contributed by atoms with Gasteiger partial charge in [0.25, 0.3) is 5.91 Å². The van der Waals surface area contributed by atoms with Crippen LogP contribution in [0.1, 0.15) is 18.1 Å². The van der Waals surface area contributed by atoms with Crippen molar-refractivity contribution in [3.63, 3.8) is 0 Å². The standard InChI is InChI=1S/C19H21NO5S/c1-25-17(14-8-4-2-5-9-14)18(21)20-16(19(22)23)12-13-26(24)15-10-6-3-7-11-15/h2-11,16-17H,12-13H2,1H3,(H,20,21)(H,22,23)/t16-,17-,26-/m0/s1. The Bertz CT molecular complexity index is 751. The molecule has 0 radical (unpaired) electrons. The molecular formula is C19H21NO5S. The average molecular weight is 375 g/mol. The maximum atomic E-state index is 12.4. The first-order valence-corrected chi connectivity index (χ1v) is 9.39. The largest absolute Gasteiger partial charge is 0.480 e. The van der Waals surface area contributed by atoms with Gasteiger partial charge in [0.2, 0.25) is 0 Å². The zero-order valence-electron chi connectivity index (χ0n) is 14.3. The van der Waals surface area contributed by atoms with E-state index in [9.17, 15) is 18.9 Å². The van der Waals surface area contributed by atoms with Crippen LogP contribution in [0.4, 0.5) is 0 Å². The molecule has 0 saturated carbocycles. The van der Waals surface area contributed by atoms with E-state index in [2.05, 4.69) is 5.32 Å². The van der Waals surface area contributed by atoms with E-state index in [1.807, 2.05) is 12.1 Å². The molecule has 7 heteroatoms. The van der Waals surface area contributed by atoms with Crippen LogP contribution in [-0.4, -0.2) is 40.1 Å². The molecule has 2 rings (SSSR count). The minimum atomic E-state index is -1.33. The van der Waals surface area contributed by atoms with Crippen LogP contribution in [0, 0.1) is 0 Å². The van der Waals surface area contributed by atoms with E-state index in [1.165, 1.54) is 7.11 Å². The highest BCUT2D eigenvalue weighted by molar-refractivity contribution is 7.85. The van der Waals surface area contributed by atoms with E-state index in [4.69, 9.17) is 4.74 Å². The van der Waals surface area contributed by atoms with Crippen LogP contribution in [-0.2, 0) is 25.1 Å². The second-order valence-corrected chi connectivity index (χ2v) is 7.15. The Labute approximate surface area is 154 Å². The minimum Gasteiger partial charge on any atom is -0.480 e. The van der Waals surface area contributed by atoms with Gasteiger partial charge < -0.3 is 15.2 Å². The summed E-state index contributed by atoms with van der Waals surface area (Å²) in [4.78, 5) is 24.5. The quantitative estimate of drug-likeness (QED) is 0.700. The third-order valence-electron chi connectivity index (χ3n) is 3.79. The Morgan fingerprint density at radius 1 is 1.08 bits per heavy atom. The molecule has 26 heavy (non-hydrogen) atoms. The molecule has 2 N–H and O–H groups in total. The Hall–Kier alpha value is -2.51. The number of carbonyl (C=O) groups excluding carboxylic acids is 1. The zero-order valence-corrected chi connectivity index (χ0v) is 15.1. The number of carboxylic acid groups (broad SMARTS) is 1. The fourth-order valence-corrected chi connectivity index (χ4v) is 3.59. The average Bonchev–Trinajstić information content (AvgIpc) is 2.66. The molecule has 138 valence electrons. The van der Waals surface area contributed by atoms with Gasteiger partial charge in [0.1, 0.15) is 6.04 Å². The lowest BCUT2D eigenvalue weighted by Crippen LogP contribution is -2.44. The van der Waals surface area contributed by atoms with Crippen molar-refractivity contribution in [2.24, 2.45) is 0 Å². The number of amides is 1. The molecule has 0 aliphatic heterocycles. The molecule has 0 aliphatic carbocycles. The molecule has 0 aromatic heterocycles. The van der Waals surface area contributed by atoms with Gasteiger partial charge in [0.05, 0.1) is 10.8 Å². The summed E-state index contributed by atoms with van der Waals surface area (Å²) in [6.45, 7) is 0. The van der Waals surface area contributed by atoms with Crippen LogP contribution in [0.2, 0.25) is 0 Å². The van der Waals surface area contributed by atoms with Crippen molar-refractivity contribution in [1.82, 2.24) is 5.32 Å². The molecule has 1 amide bonds. The lowest BCUT2D eigenvalue weighted by Gasteiger charge is -2.19. The molecule has 0 saturated heterocycles. The molecule has 2 aromatic rings. The smallest absolute Gasteiger partial charge is 0.326 e. The Morgan fingerprint density at radius 3 is 2.19 bits per heavy atom. The van der Waals surface area contributed by atoms with Gasteiger partial charge in [0.15, 0.2) is 6.10 Å². The predicted octanol–water partition coefficient (Wildman–Crippen LogP) is 2.14. The van der Waals surface area contributed by atoms with E-state index in [-0.39, 0.29) is 12.2 Å². The number of carbonyl (C=O) groups is 2. The molecule has 3 atom stereocenters. The van der Waals surface area contributed by atoms with Gasteiger partial charge in [-0.3, -0.25) is 9.00 Å². The summed E-state index contributed by atoms with van der Waals surface area (Å²) in [5, 5.41) is 11.9. The second-order valence-electron chi connectivity index (χ2n) is 5.58. The lowest BCUT2D eigenvalue weighted by molar-refractivity contribution is -0.144. The van der Waals surface area contributed by atoms with E-state index in [0.29, 0.717) is 10.5 Å². The molecule has 0 fully saturated rings. The van der Waals surface area contributed by atoms with Crippen LogP contribution in [0.15, 0.2) is 65.6 Å². The van der Waals surface area contributed by atoms with Gasteiger partial charge in [-0.15, -0.1) is 0 Å². The molecular weight excluding hydrogens is 354 g/mol. The highest BCUT2D eigenvalue weighted by Gasteiger charge is 2.26. The van der Waals surface area contributed by atoms with Crippen molar-refractivity contribution >= 4 is 22.7 Å². The monoisotopic (exact) mass is 375 g/mol. The van der Waals surface area contributed by atoms with E-state index >= 15 is 0 Å². The van der Waals surface area contributed by atoms with Crippen molar-refractivity contribution < 1.29 is 23.6 Å². The molecule has 0 unspecified atom stereocenters. The lowest BCUT2D eigenvalue weighted by atomic mass is 10.1. The maximum Gasteiger partial charge on any atom is 0.326 e. The van der Waals surface area contributed by atoms with Gasteiger partial charge in [-0.1, -0.05) is 48.5 Å². The third-order valence-corrected chi connectivity index (χ3v) is 5.19. The fourth-order valence-electron chi connectivity index (χ4n) is 2.44. The Balaban J connectivity index is 2.00. The van der Waals surface area contributed by atoms with Crippen LogP contribution in [0.5, 0.6) is 0 Å². The number of methoxy groups -OCH3 is 1. The highest BCUT2D eigenvalue weighted by atomic mass is 32.2. The summed E-state index contributed by atoms with van der Waals surface area (Å²) < 4.78 is 17.5. The molecule has 0 bridgehead atoms. The number of nitrogens with one attached hydrogen (secondary N) is 1. The first kappa shape index (κ1) is 19.8. The SMILES string of the molecule is CO[C@H](C(=O)N[C@@H](CC[S@](=O)c1ccccc1)C(=O)O)c1ccccc1. The minimum absolute atomic E-state index is 0.0494. The van der Waals surface area contributed by atoms with Crippen LogP contribution in [0.3, 0.4) is 0 Å². The molecule has 6 nitrogen and oxygen atoms in total. The normalized spacial score (nSPS) is 14.2. The summed E-state index contributed by atoms with van der Waals surface area (Å²) in [6.07, 6.45) is -0.856.